The lowest BCUT2D eigenvalue weighted by Crippen LogP contribution is -1.94. The molecule has 0 fully saturated rings. The van der Waals surface area contributed by atoms with Crippen LogP contribution < -0.4 is 5.73 Å². The van der Waals surface area contributed by atoms with E-state index in [0.717, 1.165) is 23.5 Å². The Morgan fingerprint density at radius 3 is 3.06 bits per heavy atom. The molecule has 3 nitrogen and oxygen atoms in total. The van der Waals surface area contributed by atoms with Crippen molar-refractivity contribution in [2.75, 3.05) is 12.8 Å². The minimum atomic E-state index is 0.583. The number of thiazole rings is 1. The number of rotatable bonds is 3. The molecule has 0 saturated carbocycles. The quantitative estimate of drug-likeness (QED) is 0.818. The van der Waals surface area contributed by atoms with Crippen molar-refractivity contribution in [1.82, 2.24) is 4.98 Å². The third kappa shape index (κ3) is 2.52. The molecule has 0 amide bonds. The molecule has 0 aromatic carbocycles. The molecule has 0 unspecified atom stereocenters. The van der Waals surface area contributed by atoms with Gasteiger partial charge in [-0.2, -0.15) is 0 Å². The second-order valence-corrected chi connectivity index (χ2v) is 4.57. The lowest BCUT2D eigenvalue weighted by Gasteiger charge is -2.11. The molecule has 1 heterocycles. The minimum absolute atomic E-state index is 0.583. The van der Waals surface area contributed by atoms with Crippen LogP contribution in [0, 0.1) is 0 Å². The van der Waals surface area contributed by atoms with Gasteiger partial charge in [0.25, 0.3) is 0 Å². The Morgan fingerprint density at radius 2 is 2.50 bits per heavy atom. The highest BCUT2D eigenvalue weighted by Gasteiger charge is 2.07. The van der Waals surface area contributed by atoms with Crippen molar-refractivity contribution in [2.45, 2.75) is 12.8 Å². The van der Waals surface area contributed by atoms with E-state index in [9.17, 15) is 0 Å². The van der Waals surface area contributed by atoms with E-state index < -0.39 is 0 Å². The van der Waals surface area contributed by atoms with Gasteiger partial charge in [0.2, 0.25) is 0 Å². The van der Waals surface area contributed by atoms with Gasteiger partial charge in [0.05, 0.1) is 12.0 Å². The molecule has 2 rings (SSSR count). The Bertz CT molecular complexity index is 457. The van der Waals surface area contributed by atoms with Crippen LogP contribution in [0.3, 0.4) is 0 Å². The predicted molar refractivity (Wildman–Crippen MR) is 68.0 cm³/mol. The van der Waals surface area contributed by atoms with Crippen LogP contribution in [0.5, 0.6) is 0 Å². The van der Waals surface area contributed by atoms with Gasteiger partial charge in [-0.05, 0) is 24.5 Å². The largest absolute Gasteiger partial charge is 0.496 e. The third-order valence-electron chi connectivity index (χ3n) is 2.37. The first-order valence-corrected chi connectivity index (χ1v) is 5.94. The van der Waals surface area contributed by atoms with Crippen LogP contribution in [0.2, 0.25) is 0 Å². The number of nitrogen functional groups attached to an aromatic ring is 1. The number of nitrogens with zero attached hydrogens (tertiary/aromatic N) is 1. The average Bonchev–Trinajstić information content (AvgIpc) is 2.73. The summed E-state index contributed by atoms with van der Waals surface area (Å²) in [4.78, 5) is 5.03. The highest BCUT2D eigenvalue weighted by Crippen LogP contribution is 2.25. The second kappa shape index (κ2) is 4.99. The summed E-state index contributed by atoms with van der Waals surface area (Å²) in [6.07, 6.45) is 12.1. The van der Waals surface area contributed by atoms with Gasteiger partial charge in [0.15, 0.2) is 5.13 Å². The maximum absolute atomic E-state index is 5.59. The molecule has 0 spiro atoms. The summed E-state index contributed by atoms with van der Waals surface area (Å²) in [5.74, 6) is 0.896. The van der Waals surface area contributed by atoms with Crippen LogP contribution in [-0.2, 0) is 4.74 Å². The standard InChI is InChI=1S/C12H14N2OS/c1-15-11(9-5-3-2-4-6-9)7-10-8-14-12(13)16-10/h2-3,5,7-8H,4,6H2,1H3,(H2,13,14). The number of hydrogen-bond donors (Lipinski definition) is 1. The fraction of sp³-hybridized carbons (Fsp3) is 0.250. The van der Waals surface area contributed by atoms with Crippen molar-refractivity contribution in [3.63, 3.8) is 0 Å². The zero-order valence-corrected chi connectivity index (χ0v) is 9.96. The van der Waals surface area contributed by atoms with Crippen LogP contribution in [-0.4, -0.2) is 12.1 Å². The molecule has 1 aromatic heterocycles. The summed E-state index contributed by atoms with van der Waals surface area (Å²) in [6, 6.07) is 0. The monoisotopic (exact) mass is 234 g/mol. The number of anilines is 1. The zero-order valence-electron chi connectivity index (χ0n) is 9.14. The van der Waals surface area contributed by atoms with Gasteiger partial charge in [-0.3, -0.25) is 0 Å². The van der Waals surface area contributed by atoms with E-state index >= 15 is 0 Å². The maximum atomic E-state index is 5.59. The summed E-state index contributed by atoms with van der Waals surface area (Å²) in [5, 5.41) is 0.583. The summed E-state index contributed by atoms with van der Waals surface area (Å²) < 4.78 is 5.40. The second-order valence-electron chi connectivity index (χ2n) is 3.47. The van der Waals surface area contributed by atoms with Crippen LogP contribution >= 0.6 is 11.3 Å². The normalized spacial score (nSPS) is 16.1. The van der Waals surface area contributed by atoms with Crippen LogP contribution in [0.25, 0.3) is 6.08 Å². The van der Waals surface area contributed by atoms with Gasteiger partial charge in [-0.15, -0.1) is 0 Å². The van der Waals surface area contributed by atoms with Gasteiger partial charge < -0.3 is 10.5 Å². The molecule has 0 atom stereocenters. The Morgan fingerprint density at radius 1 is 1.62 bits per heavy atom. The number of aromatic nitrogens is 1. The summed E-state index contributed by atoms with van der Waals surface area (Å²) in [6.45, 7) is 0. The predicted octanol–water partition coefficient (Wildman–Crippen LogP) is 2.99. The Labute approximate surface area is 99.0 Å². The molecular formula is C12H14N2OS. The van der Waals surface area contributed by atoms with Crippen molar-refractivity contribution < 1.29 is 4.74 Å². The fourth-order valence-corrected chi connectivity index (χ4v) is 2.21. The van der Waals surface area contributed by atoms with Crippen LogP contribution in [0.1, 0.15) is 17.7 Å². The summed E-state index contributed by atoms with van der Waals surface area (Å²) >= 11 is 1.46. The van der Waals surface area contributed by atoms with Gasteiger partial charge in [-0.25, -0.2) is 4.98 Å². The van der Waals surface area contributed by atoms with Crippen molar-refractivity contribution in [3.05, 3.63) is 40.6 Å². The summed E-state index contributed by atoms with van der Waals surface area (Å²) in [7, 11) is 1.69. The number of allylic oxidation sites excluding steroid dienone is 4. The maximum Gasteiger partial charge on any atom is 0.180 e. The first-order chi connectivity index (χ1) is 7.79. The molecule has 1 aliphatic carbocycles. The molecule has 16 heavy (non-hydrogen) atoms. The fourth-order valence-electron chi connectivity index (χ4n) is 1.59. The van der Waals surface area contributed by atoms with E-state index in [1.807, 2.05) is 6.08 Å². The Hall–Kier alpha value is -1.55. The first kappa shape index (κ1) is 11.0. The smallest absolute Gasteiger partial charge is 0.180 e. The van der Waals surface area contributed by atoms with E-state index in [1.54, 1.807) is 13.3 Å². The lowest BCUT2D eigenvalue weighted by atomic mass is 10.0. The van der Waals surface area contributed by atoms with E-state index in [4.69, 9.17) is 10.5 Å². The van der Waals surface area contributed by atoms with Gasteiger partial charge in [0.1, 0.15) is 5.76 Å². The van der Waals surface area contributed by atoms with Crippen molar-refractivity contribution in [1.29, 1.82) is 0 Å². The van der Waals surface area contributed by atoms with Crippen molar-refractivity contribution >= 4 is 22.5 Å². The van der Waals surface area contributed by atoms with Gasteiger partial charge in [-0.1, -0.05) is 29.6 Å². The lowest BCUT2D eigenvalue weighted by molar-refractivity contribution is 0.302. The summed E-state index contributed by atoms with van der Waals surface area (Å²) in [5.41, 5.74) is 6.81. The molecule has 0 aliphatic heterocycles. The minimum Gasteiger partial charge on any atom is -0.496 e. The highest BCUT2D eigenvalue weighted by atomic mass is 32.1. The van der Waals surface area contributed by atoms with E-state index in [-0.39, 0.29) is 0 Å². The molecule has 1 aromatic rings. The Kier molecular flexibility index (Phi) is 3.41. The zero-order chi connectivity index (χ0) is 11.4. The van der Waals surface area contributed by atoms with Crippen molar-refractivity contribution in [2.24, 2.45) is 0 Å². The van der Waals surface area contributed by atoms with Crippen molar-refractivity contribution in [3.8, 4) is 0 Å². The number of methoxy groups -OCH3 is 1. The SMILES string of the molecule is COC(=Cc1cnc(N)s1)C1=CC=CCC1. The number of hydrogen-bond acceptors (Lipinski definition) is 4. The first-order valence-electron chi connectivity index (χ1n) is 5.12. The number of ether oxygens (including phenoxy) is 1. The molecule has 4 heteroatoms. The topological polar surface area (TPSA) is 48.1 Å². The van der Waals surface area contributed by atoms with Gasteiger partial charge in [0, 0.05) is 6.20 Å². The molecule has 0 bridgehead atoms. The van der Waals surface area contributed by atoms with Crippen LogP contribution in [0.4, 0.5) is 5.13 Å². The molecule has 1 aliphatic rings. The van der Waals surface area contributed by atoms with Crippen LogP contribution in [0.15, 0.2) is 35.8 Å². The van der Waals surface area contributed by atoms with E-state index in [2.05, 4.69) is 23.2 Å². The number of nitrogens with two attached hydrogens (primary N) is 1. The molecule has 0 saturated heterocycles. The molecular weight excluding hydrogens is 220 g/mol. The van der Waals surface area contributed by atoms with E-state index in [0.29, 0.717) is 5.13 Å². The molecule has 0 radical (unpaired) electrons. The third-order valence-corrected chi connectivity index (χ3v) is 3.14. The Balaban J connectivity index is 2.25. The molecule has 2 N–H and O–H groups in total. The highest BCUT2D eigenvalue weighted by molar-refractivity contribution is 7.16. The van der Waals surface area contributed by atoms with E-state index in [1.165, 1.54) is 16.9 Å². The average molecular weight is 234 g/mol. The molecule has 84 valence electrons. The van der Waals surface area contributed by atoms with Gasteiger partial charge >= 0.3 is 0 Å².